The van der Waals surface area contributed by atoms with Gasteiger partial charge in [-0.1, -0.05) is 35.9 Å². The Morgan fingerprint density at radius 2 is 1.79 bits per heavy atom. The van der Waals surface area contributed by atoms with Crippen LogP contribution in [0.3, 0.4) is 0 Å². The van der Waals surface area contributed by atoms with E-state index in [0.29, 0.717) is 17.3 Å². The lowest BCUT2D eigenvalue weighted by molar-refractivity contribution is 0.378. The number of halogens is 2. The van der Waals surface area contributed by atoms with Crippen LogP contribution in [0.2, 0.25) is 5.15 Å². The Bertz CT molecular complexity index is 866. The van der Waals surface area contributed by atoms with E-state index in [9.17, 15) is 0 Å². The number of hydrogen-bond acceptors (Lipinski definition) is 5. The summed E-state index contributed by atoms with van der Waals surface area (Å²) in [6.45, 7) is 0. The highest BCUT2D eigenvalue weighted by Crippen LogP contribution is 2.37. The lowest BCUT2D eigenvalue weighted by atomic mass is 10.2. The molecule has 0 aliphatic carbocycles. The fourth-order valence-electron chi connectivity index (χ4n) is 2.10. The average molecular weight is 454 g/mol. The fourth-order valence-corrected chi connectivity index (χ4v) is 2.86. The van der Waals surface area contributed by atoms with Gasteiger partial charge in [-0.2, -0.15) is 0 Å². The number of para-hydroxylation sites is 2. The van der Waals surface area contributed by atoms with Crippen molar-refractivity contribution in [2.24, 2.45) is 0 Å². The Morgan fingerprint density at radius 3 is 2.46 bits per heavy atom. The highest BCUT2D eigenvalue weighted by atomic mass is 127. The number of rotatable bonds is 4. The van der Waals surface area contributed by atoms with Gasteiger partial charge in [-0.25, -0.2) is 9.97 Å². The second-order valence-corrected chi connectivity index (χ2v) is 6.42. The molecule has 0 atom stereocenters. The maximum Gasteiger partial charge on any atom is 0.206 e. The second kappa shape index (κ2) is 7.23. The van der Waals surface area contributed by atoms with Crippen LogP contribution >= 0.6 is 34.2 Å². The number of methoxy groups -OCH3 is 1. The van der Waals surface area contributed by atoms with Gasteiger partial charge < -0.3 is 15.2 Å². The molecule has 122 valence electrons. The molecule has 3 rings (SSSR count). The maximum atomic E-state index is 6.27. The van der Waals surface area contributed by atoms with Crippen molar-refractivity contribution in [3.8, 4) is 28.6 Å². The number of nitrogens with two attached hydrogens (primary N) is 1. The van der Waals surface area contributed by atoms with Crippen LogP contribution in [0.25, 0.3) is 11.4 Å². The molecule has 5 nitrogen and oxygen atoms in total. The Labute approximate surface area is 157 Å². The largest absolute Gasteiger partial charge is 0.493 e. The van der Waals surface area contributed by atoms with Crippen molar-refractivity contribution in [2.45, 2.75) is 0 Å². The van der Waals surface area contributed by atoms with Gasteiger partial charge in [0.2, 0.25) is 5.75 Å². The van der Waals surface area contributed by atoms with E-state index in [4.69, 9.17) is 26.8 Å². The first kappa shape index (κ1) is 16.8. The molecular formula is C17H13ClIN3O2. The SMILES string of the molecule is COc1ccccc1Oc1c(N)nc(-c2cccc(I)c2)nc1Cl. The van der Waals surface area contributed by atoms with Gasteiger partial charge in [-0.05, 0) is 46.9 Å². The van der Waals surface area contributed by atoms with E-state index < -0.39 is 0 Å². The summed E-state index contributed by atoms with van der Waals surface area (Å²) in [5, 5.41) is 0.141. The number of nitrogens with zero attached hydrogens (tertiary/aromatic N) is 2. The fraction of sp³-hybridized carbons (Fsp3) is 0.0588. The number of anilines is 1. The van der Waals surface area contributed by atoms with Gasteiger partial charge in [-0.3, -0.25) is 0 Å². The van der Waals surface area contributed by atoms with Gasteiger partial charge in [0.25, 0.3) is 0 Å². The highest BCUT2D eigenvalue weighted by molar-refractivity contribution is 14.1. The minimum absolute atomic E-state index is 0.141. The summed E-state index contributed by atoms with van der Waals surface area (Å²) in [5.41, 5.74) is 6.87. The summed E-state index contributed by atoms with van der Waals surface area (Å²) >= 11 is 8.49. The molecule has 0 aliphatic heterocycles. The molecule has 0 saturated carbocycles. The van der Waals surface area contributed by atoms with Gasteiger partial charge in [0.05, 0.1) is 7.11 Å². The van der Waals surface area contributed by atoms with Crippen molar-refractivity contribution in [3.05, 3.63) is 57.3 Å². The van der Waals surface area contributed by atoms with Crippen LogP contribution in [0.5, 0.6) is 17.2 Å². The minimum Gasteiger partial charge on any atom is -0.493 e. The Balaban J connectivity index is 1.99. The van der Waals surface area contributed by atoms with Crippen LogP contribution in [0, 0.1) is 3.57 Å². The lowest BCUT2D eigenvalue weighted by Crippen LogP contribution is -2.01. The molecule has 0 fully saturated rings. The predicted octanol–water partition coefficient (Wildman–Crippen LogP) is 4.78. The molecule has 0 radical (unpaired) electrons. The topological polar surface area (TPSA) is 70.3 Å². The molecule has 2 N–H and O–H groups in total. The van der Waals surface area contributed by atoms with Crippen molar-refractivity contribution < 1.29 is 9.47 Å². The first-order chi connectivity index (χ1) is 11.6. The third-order valence-corrected chi connectivity index (χ3v) is 4.14. The Kier molecular flexibility index (Phi) is 5.06. The number of benzene rings is 2. The van der Waals surface area contributed by atoms with Crippen molar-refractivity contribution in [3.63, 3.8) is 0 Å². The van der Waals surface area contributed by atoms with E-state index in [0.717, 1.165) is 9.13 Å². The van der Waals surface area contributed by atoms with E-state index >= 15 is 0 Å². The van der Waals surface area contributed by atoms with Gasteiger partial charge in [-0.15, -0.1) is 0 Å². The van der Waals surface area contributed by atoms with Gasteiger partial charge >= 0.3 is 0 Å². The van der Waals surface area contributed by atoms with Crippen LogP contribution in [-0.2, 0) is 0 Å². The summed E-state index contributed by atoms with van der Waals surface area (Å²) < 4.78 is 12.1. The third-order valence-electron chi connectivity index (χ3n) is 3.21. The molecule has 0 spiro atoms. The molecule has 0 unspecified atom stereocenters. The molecule has 1 aromatic heterocycles. The molecule has 0 bridgehead atoms. The number of hydrogen-bond donors (Lipinski definition) is 1. The molecule has 2 aromatic carbocycles. The summed E-state index contributed by atoms with van der Waals surface area (Å²) in [4.78, 5) is 8.61. The second-order valence-electron chi connectivity index (χ2n) is 4.82. The van der Waals surface area contributed by atoms with Crippen molar-refractivity contribution in [2.75, 3.05) is 12.8 Å². The number of ether oxygens (including phenoxy) is 2. The Hall–Kier alpha value is -2.06. The molecule has 0 aliphatic rings. The standard InChI is InChI=1S/C17H13ClIN3O2/c1-23-12-7-2-3-8-13(12)24-14-15(18)21-17(22-16(14)20)10-5-4-6-11(19)9-10/h2-9H,1H3,(H2,20,21,22). The molecule has 24 heavy (non-hydrogen) atoms. The first-order valence-electron chi connectivity index (χ1n) is 6.98. The van der Waals surface area contributed by atoms with Gasteiger partial charge in [0, 0.05) is 9.13 Å². The minimum atomic E-state index is 0.141. The monoisotopic (exact) mass is 453 g/mol. The third kappa shape index (κ3) is 3.54. The van der Waals surface area contributed by atoms with Gasteiger partial charge in [0.15, 0.2) is 28.3 Å². The van der Waals surface area contributed by atoms with Crippen LogP contribution in [0.15, 0.2) is 48.5 Å². The average Bonchev–Trinajstić information content (AvgIpc) is 2.58. The maximum absolute atomic E-state index is 6.27. The number of nitrogen functional groups attached to an aromatic ring is 1. The van der Waals surface area contributed by atoms with Crippen LogP contribution in [0.1, 0.15) is 0 Å². The normalized spacial score (nSPS) is 10.5. The summed E-state index contributed by atoms with van der Waals surface area (Å²) in [6, 6.07) is 14.9. The molecule has 7 heteroatoms. The van der Waals surface area contributed by atoms with Crippen molar-refractivity contribution >= 4 is 40.0 Å². The van der Waals surface area contributed by atoms with E-state index in [-0.39, 0.29) is 16.7 Å². The van der Waals surface area contributed by atoms with Crippen LogP contribution < -0.4 is 15.2 Å². The summed E-state index contributed by atoms with van der Waals surface area (Å²) in [6.07, 6.45) is 0. The van der Waals surface area contributed by atoms with E-state index in [1.54, 1.807) is 19.2 Å². The summed E-state index contributed by atoms with van der Waals surface area (Å²) in [7, 11) is 1.56. The smallest absolute Gasteiger partial charge is 0.206 e. The van der Waals surface area contributed by atoms with E-state index in [2.05, 4.69) is 32.6 Å². The van der Waals surface area contributed by atoms with Gasteiger partial charge in [0.1, 0.15) is 0 Å². The zero-order valence-electron chi connectivity index (χ0n) is 12.7. The zero-order chi connectivity index (χ0) is 17.1. The molecular weight excluding hydrogens is 441 g/mol. The number of aromatic nitrogens is 2. The molecule has 0 saturated heterocycles. The summed E-state index contributed by atoms with van der Waals surface area (Å²) in [5.74, 6) is 1.86. The quantitative estimate of drug-likeness (QED) is 0.454. The van der Waals surface area contributed by atoms with E-state index in [1.807, 2.05) is 36.4 Å². The predicted molar refractivity (Wildman–Crippen MR) is 103 cm³/mol. The zero-order valence-corrected chi connectivity index (χ0v) is 15.6. The van der Waals surface area contributed by atoms with E-state index in [1.165, 1.54) is 0 Å². The van der Waals surface area contributed by atoms with Crippen molar-refractivity contribution in [1.29, 1.82) is 0 Å². The molecule has 1 heterocycles. The molecule has 3 aromatic rings. The van der Waals surface area contributed by atoms with Crippen molar-refractivity contribution in [1.82, 2.24) is 9.97 Å². The first-order valence-corrected chi connectivity index (χ1v) is 8.44. The lowest BCUT2D eigenvalue weighted by Gasteiger charge is -2.13. The molecule has 0 amide bonds. The van der Waals surface area contributed by atoms with Crippen LogP contribution in [0.4, 0.5) is 5.82 Å². The van der Waals surface area contributed by atoms with Crippen LogP contribution in [-0.4, -0.2) is 17.1 Å². The highest BCUT2D eigenvalue weighted by Gasteiger charge is 2.16. The Morgan fingerprint density at radius 1 is 1.04 bits per heavy atom.